The third kappa shape index (κ3) is 2.84. The van der Waals surface area contributed by atoms with Gasteiger partial charge in [0.25, 0.3) is 0 Å². The predicted octanol–water partition coefficient (Wildman–Crippen LogP) is 0.671. The molecule has 21 heavy (non-hydrogen) atoms. The van der Waals surface area contributed by atoms with Gasteiger partial charge in [-0.2, -0.15) is 0 Å². The smallest absolute Gasteiger partial charge is 0.339 e. The van der Waals surface area contributed by atoms with Crippen LogP contribution in [0.4, 0.5) is 0 Å². The Balaban J connectivity index is 2.13. The van der Waals surface area contributed by atoms with E-state index in [1.807, 2.05) is 0 Å². The summed E-state index contributed by atoms with van der Waals surface area (Å²) < 4.78 is 10.2. The molecule has 2 atom stereocenters. The van der Waals surface area contributed by atoms with Gasteiger partial charge in [-0.15, -0.1) is 0 Å². The van der Waals surface area contributed by atoms with Crippen molar-refractivity contribution in [3.63, 3.8) is 0 Å². The Bertz CT molecular complexity index is 614. The van der Waals surface area contributed by atoms with Gasteiger partial charge in [-0.1, -0.05) is 0 Å². The van der Waals surface area contributed by atoms with Crippen LogP contribution in [0.2, 0.25) is 0 Å². The fraction of sp³-hybridized carbons (Fsp3) is 0.429. The summed E-state index contributed by atoms with van der Waals surface area (Å²) in [5, 5.41) is 28.4. The highest BCUT2D eigenvalue weighted by atomic mass is 16.6. The van der Waals surface area contributed by atoms with Crippen LogP contribution in [-0.4, -0.2) is 52.7 Å². The zero-order valence-corrected chi connectivity index (χ0v) is 11.0. The van der Waals surface area contributed by atoms with E-state index < -0.39 is 23.3 Å². The Labute approximate surface area is 119 Å². The lowest BCUT2D eigenvalue weighted by Gasteiger charge is -2.15. The van der Waals surface area contributed by atoms with Crippen molar-refractivity contribution in [2.24, 2.45) is 0 Å². The van der Waals surface area contributed by atoms with Crippen molar-refractivity contribution in [2.45, 2.75) is 25.0 Å². The highest BCUT2D eigenvalue weighted by molar-refractivity contribution is 6.00. The van der Waals surface area contributed by atoms with Gasteiger partial charge in [-0.05, 0) is 17.2 Å². The number of aromatic hydroxyl groups is 1. The van der Waals surface area contributed by atoms with E-state index in [0.717, 1.165) is 0 Å². The first kappa shape index (κ1) is 13.8. The molecule has 7 heteroatoms. The molecule has 112 valence electrons. The van der Waals surface area contributed by atoms with E-state index in [1.54, 1.807) is 0 Å². The van der Waals surface area contributed by atoms with Crippen molar-refractivity contribution in [1.82, 2.24) is 0 Å². The zero-order chi connectivity index (χ0) is 15.1. The van der Waals surface area contributed by atoms with Gasteiger partial charge in [0.1, 0.15) is 16.9 Å². The second kappa shape index (κ2) is 5.01. The number of ether oxygens (including phenoxy) is 2. The van der Waals surface area contributed by atoms with Gasteiger partial charge in [0, 0.05) is 12.8 Å². The van der Waals surface area contributed by atoms with Gasteiger partial charge in [-0.25, -0.2) is 9.59 Å². The molecule has 2 aliphatic heterocycles. The van der Waals surface area contributed by atoms with E-state index in [2.05, 4.69) is 0 Å². The van der Waals surface area contributed by atoms with E-state index in [-0.39, 0.29) is 17.8 Å². The van der Waals surface area contributed by atoms with Crippen molar-refractivity contribution in [1.29, 1.82) is 0 Å². The SMILES string of the molecule is O=C(O)c1cc(CC2CO2)c(CC2CO2)c(C(=O)O)c1O. The molecule has 0 radical (unpaired) electrons. The molecule has 3 N–H and O–H groups in total. The Kier molecular flexibility index (Phi) is 3.30. The van der Waals surface area contributed by atoms with E-state index >= 15 is 0 Å². The second-order valence-corrected chi connectivity index (χ2v) is 5.21. The molecule has 2 saturated heterocycles. The van der Waals surface area contributed by atoms with Gasteiger partial charge in [0.2, 0.25) is 0 Å². The Morgan fingerprint density at radius 1 is 1.10 bits per heavy atom. The summed E-state index contributed by atoms with van der Waals surface area (Å²) in [7, 11) is 0. The Hall–Kier alpha value is -2.12. The minimum absolute atomic E-state index is 0.0169. The number of epoxide rings is 2. The van der Waals surface area contributed by atoms with Gasteiger partial charge in [0.05, 0.1) is 25.4 Å². The minimum atomic E-state index is -1.36. The van der Waals surface area contributed by atoms with Crippen LogP contribution in [0.1, 0.15) is 31.8 Å². The van der Waals surface area contributed by atoms with Crippen molar-refractivity contribution in [2.75, 3.05) is 13.2 Å². The molecular formula is C14H14O7. The number of rotatable bonds is 6. The number of carboxylic acid groups (broad SMARTS) is 2. The summed E-state index contributed by atoms with van der Waals surface area (Å²) in [5.74, 6) is -3.41. The lowest BCUT2D eigenvalue weighted by atomic mass is 9.90. The molecule has 0 amide bonds. The molecule has 2 fully saturated rings. The molecule has 0 aromatic heterocycles. The molecule has 1 aromatic carbocycles. The van der Waals surface area contributed by atoms with Crippen LogP contribution in [0.15, 0.2) is 6.07 Å². The van der Waals surface area contributed by atoms with Crippen molar-refractivity contribution in [3.8, 4) is 5.75 Å². The van der Waals surface area contributed by atoms with E-state index in [0.29, 0.717) is 37.2 Å². The molecule has 0 spiro atoms. The first-order valence-electron chi connectivity index (χ1n) is 6.55. The molecule has 0 saturated carbocycles. The molecule has 7 nitrogen and oxygen atoms in total. The van der Waals surface area contributed by atoms with Gasteiger partial charge < -0.3 is 24.8 Å². The van der Waals surface area contributed by atoms with Crippen LogP contribution in [0.25, 0.3) is 0 Å². The summed E-state index contributed by atoms with van der Waals surface area (Å²) >= 11 is 0. The van der Waals surface area contributed by atoms with Crippen LogP contribution >= 0.6 is 0 Å². The standard InChI is InChI=1S/C14H14O7/c15-12-10(13(16)17)2-6(1-7-4-20-7)9(3-8-5-21-8)11(12)14(18)19/h2,7-8,15H,1,3-5H2,(H,16,17)(H,18,19). The highest BCUT2D eigenvalue weighted by Gasteiger charge is 2.33. The summed E-state index contributed by atoms with van der Waals surface area (Å²) in [6, 6.07) is 1.34. The van der Waals surface area contributed by atoms with Crippen LogP contribution in [-0.2, 0) is 22.3 Å². The molecule has 2 heterocycles. The molecule has 2 unspecified atom stereocenters. The van der Waals surface area contributed by atoms with E-state index in [9.17, 15) is 19.8 Å². The maximum Gasteiger partial charge on any atom is 0.339 e. The summed E-state index contributed by atoms with van der Waals surface area (Å²) in [5.41, 5.74) is 0.271. The van der Waals surface area contributed by atoms with Crippen LogP contribution in [0, 0.1) is 0 Å². The van der Waals surface area contributed by atoms with Crippen LogP contribution in [0.3, 0.4) is 0 Å². The normalized spacial score (nSPS) is 22.9. The third-order valence-corrected chi connectivity index (χ3v) is 3.63. The minimum Gasteiger partial charge on any atom is -0.506 e. The third-order valence-electron chi connectivity index (χ3n) is 3.63. The maximum absolute atomic E-state index is 11.4. The van der Waals surface area contributed by atoms with Crippen LogP contribution < -0.4 is 0 Å². The fourth-order valence-corrected chi connectivity index (χ4v) is 2.42. The number of hydrogen-bond acceptors (Lipinski definition) is 5. The molecule has 2 aliphatic rings. The monoisotopic (exact) mass is 294 g/mol. The molecule has 0 aliphatic carbocycles. The molecular weight excluding hydrogens is 280 g/mol. The van der Waals surface area contributed by atoms with E-state index in [4.69, 9.17) is 14.6 Å². The lowest BCUT2D eigenvalue weighted by molar-refractivity contribution is 0.0690. The number of phenols is 1. The maximum atomic E-state index is 11.4. The number of hydrogen-bond donors (Lipinski definition) is 3. The first-order valence-corrected chi connectivity index (χ1v) is 6.55. The second-order valence-electron chi connectivity index (χ2n) is 5.21. The molecule has 1 aromatic rings. The van der Waals surface area contributed by atoms with Crippen molar-refractivity contribution < 1.29 is 34.4 Å². The number of aromatic carboxylic acids is 2. The number of carboxylic acids is 2. The zero-order valence-electron chi connectivity index (χ0n) is 11.0. The largest absolute Gasteiger partial charge is 0.506 e. The summed E-state index contributed by atoms with van der Waals surface area (Å²) in [6.45, 7) is 1.12. The highest BCUT2D eigenvalue weighted by Crippen LogP contribution is 2.34. The van der Waals surface area contributed by atoms with Crippen LogP contribution in [0.5, 0.6) is 5.75 Å². The van der Waals surface area contributed by atoms with Gasteiger partial charge >= 0.3 is 11.9 Å². The summed E-state index contributed by atoms with van der Waals surface area (Å²) in [4.78, 5) is 22.6. The van der Waals surface area contributed by atoms with Crippen molar-refractivity contribution in [3.05, 3.63) is 28.3 Å². The quantitative estimate of drug-likeness (QED) is 0.659. The first-order chi connectivity index (χ1) is 9.97. The van der Waals surface area contributed by atoms with Gasteiger partial charge in [-0.3, -0.25) is 0 Å². The number of carbonyl (C=O) groups is 2. The Morgan fingerprint density at radius 3 is 2.14 bits per heavy atom. The average Bonchev–Trinajstić information content (AvgIpc) is 3.26. The topological polar surface area (TPSA) is 120 Å². The summed E-state index contributed by atoms with van der Waals surface area (Å²) in [6.07, 6.45) is 0.689. The van der Waals surface area contributed by atoms with E-state index in [1.165, 1.54) is 6.07 Å². The Morgan fingerprint density at radius 2 is 1.67 bits per heavy atom. The fourth-order valence-electron chi connectivity index (χ4n) is 2.42. The predicted molar refractivity (Wildman–Crippen MR) is 68.9 cm³/mol. The average molecular weight is 294 g/mol. The van der Waals surface area contributed by atoms with Crippen molar-refractivity contribution >= 4 is 11.9 Å². The van der Waals surface area contributed by atoms with Gasteiger partial charge in [0.15, 0.2) is 0 Å². The number of benzene rings is 1. The molecule has 3 rings (SSSR count). The molecule has 0 bridgehead atoms. The lowest BCUT2D eigenvalue weighted by Crippen LogP contribution is -2.14.